The van der Waals surface area contributed by atoms with E-state index in [1.165, 1.54) is 4.88 Å². The maximum absolute atomic E-state index is 12.3. The van der Waals surface area contributed by atoms with Gasteiger partial charge in [-0.15, -0.1) is 11.3 Å². The van der Waals surface area contributed by atoms with Crippen molar-refractivity contribution >= 4 is 23.2 Å². The largest absolute Gasteiger partial charge is 0.346 e. The molecule has 0 saturated carbocycles. The molecule has 5 heteroatoms. The highest BCUT2D eigenvalue weighted by atomic mass is 32.1. The molecule has 2 amide bonds. The van der Waals surface area contributed by atoms with Crippen LogP contribution < -0.4 is 10.6 Å². The van der Waals surface area contributed by atoms with Crippen molar-refractivity contribution in [2.24, 2.45) is 5.92 Å². The summed E-state index contributed by atoms with van der Waals surface area (Å²) < 4.78 is 0. The fourth-order valence-corrected chi connectivity index (χ4v) is 3.58. The van der Waals surface area contributed by atoms with Crippen molar-refractivity contribution in [3.8, 4) is 0 Å². The summed E-state index contributed by atoms with van der Waals surface area (Å²) in [6.45, 7) is 4.30. The van der Waals surface area contributed by atoms with E-state index in [1.807, 2.05) is 11.4 Å². The van der Waals surface area contributed by atoms with Crippen LogP contribution in [0.25, 0.3) is 0 Å². The van der Waals surface area contributed by atoms with Crippen molar-refractivity contribution in [2.75, 3.05) is 0 Å². The first-order valence-electron chi connectivity index (χ1n) is 7.28. The third kappa shape index (κ3) is 3.39. The lowest BCUT2D eigenvalue weighted by molar-refractivity contribution is -0.126. The summed E-state index contributed by atoms with van der Waals surface area (Å²) in [6, 6.07) is 3.77. The number of hydrogen-bond donors (Lipinski definition) is 2. The monoisotopic (exact) mass is 294 g/mol. The van der Waals surface area contributed by atoms with E-state index in [1.54, 1.807) is 11.3 Å². The average molecular weight is 294 g/mol. The van der Waals surface area contributed by atoms with Crippen LogP contribution >= 0.6 is 11.3 Å². The van der Waals surface area contributed by atoms with Crippen LogP contribution in [0, 0.1) is 5.92 Å². The molecule has 0 bridgehead atoms. The molecule has 1 aliphatic rings. The van der Waals surface area contributed by atoms with E-state index in [2.05, 4.69) is 30.5 Å². The van der Waals surface area contributed by atoms with Gasteiger partial charge in [-0.05, 0) is 23.8 Å². The lowest BCUT2D eigenvalue weighted by atomic mass is 9.92. The van der Waals surface area contributed by atoms with Gasteiger partial charge in [-0.3, -0.25) is 9.59 Å². The molecular formula is C15H22N2O2S. The summed E-state index contributed by atoms with van der Waals surface area (Å²) in [6.07, 6.45) is 3.10. The van der Waals surface area contributed by atoms with Crippen LogP contribution in [0.15, 0.2) is 17.5 Å². The van der Waals surface area contributed by atoms with Gasteiger partial charge >= 0.3 is 0 Å². The smallest absolute Gasteiger partial charge is 0.243 e. The van der Waals surface area contributed by atoms with E-state index in [-0.39, 0.29) is 23.9 Å². The predicted octanol–water partition coefficient (Wildman–Crippen LogP) is 2.62. The molecule has 0 aromatic carbocycles. The molecule has 0 aliphatic carbocycles. The lowest BCUT2D eigenvalue weighted by Gasteiger charge is -2.26. The standard InChI is InChI=1S/C15H22N2O2S/c1-3-10(4-2)14(12-6-5-9-20-12)17-15(19)11-7-8-13(18)16-11/h5-6,9-11,14H,3-4,7-8H2,1-2H3,(H,16,18)(H,17,19). The highest BCUT2D eigenvalue weighted by molar-refractivity contribution is 7.10. The summed E-state index contributed by atoms with van der Waals surface area (Å²) >= 11 is 1.67. The minimum absolute atomic E-state index is 0.0274. The fraction of sp³-hybridized carbons (Fsp3) is 0.600. The number of carbonyl (C=O) groups is 2. The number of rotatable bonds is 6. The molecule has 20 heavy (non-hydrogen) atoms. The molecule has 1 fully saturated rings. The van der Waals surface area contributed by atoms with Gasteiger partial charge in [0.05, 0.1) is 6.04 Å². The Kier molecular flexibility index (Phi) is 5.17. The summed E-state index contributed by atoms with van der Waals surface area (Å²) in [5, 5.41) is 7.91. The second kappa shape index (κ2) is 6.88. The molecule has 1 saturated heterocycles. The minimum Gasteiger partial charge on any atom is -0.346 e. The Balaban J connectivity index is 2.07. The van der Waals surface area contributed by atoms with Gasteiger partial charge in [-0.2, -0.15) is 0 Å². The second-order valence-corrected chi connectivity index (χ2v) is 6.22. The summed E-state index contributed by atoms with van der Waals surface area (Å²) in [5.41, 5.74) is 0. The van der Waals surface area contributed by atoms with Gasteiger partial charge in [0.1, 0.15) is 6.04 Å². The van der Waals surface area contributed by atoms with E-state index in [0.717, 1.165) is 12.8 Å². The Morgan fingerprint density at radius 1 is 1.50 bits per heavy atom. The Hall–Kier alpha value is -1.36. The van der Waals surface area contributed by atoms with Crippen LogP contribution in [0.3, 0.4) is 0 Å². The zero-order chi connectivity index (χ0) is 14.5. The van der Waals surface area contributed by atoms with Crippen molar-refractivity contribution in [3.05, 3.63) is 22.4 Å². The quantitative estimate of drug-likeness (QED) is 0.847. The number of hydrogen-bond acceptors (Lipinski definition) is 3. The maximum atomic E-state index is 12.3. The fourth-order valence-electron chi connectivity index (χ4n) is 2.71. The van der Waals surface area contributed by atoms with Crippen molar-refractivity contribution in [2.45, 2.75) is 51.6 Å². The molecule has 110 valence electrons. The minimum atomic E-state index is -0.362. The molecule has 1 aliphatic heterocycles. The summed E-state index contributed by atoms with van der Waals surface area (Å²) in [7, 11) is 0. The number of carbonyl (C=O) groups excluding carboxylic acids is 2. The van der Waals surface area contributed by atoms with Crippen molar-refractivity contribution in [3.63, 3.8) is 0 Å². The topological polar surface area (TPSA) is 58.2 Å². The SMILES string of the molecule is CCC(CC)C(NC(=O)C1CCC(=O)N1)c1cccs1. The zero-order valence-corrected chi connectivity index (χ0v) is 12.8. The van der Waals surface area contributed by atoms with E-state index in [4.69, 9.17) is 0 Å². The van der Waals surface area contributed by atoms with Gasteiger partial charge in [0.2, 0.25) is 11.8 Å². The Bertz CT molecular complexity index is 454. The molecule has 2 unspecified atom stereocenters. The molecule has 2 heterocycles. The Labute approximate surface area is 124 Å². The molecule has 2 N–H and O–H groups in total. The summed E-state index contributed by atoms with van der Waals surface area (Å²) in [5.74, 6) is 0.344. The zero-order valence-electron chi connectivity index (χ0n) is 12.0. The normalized spacial score (nSPS) is 19.9. The first kappa shape index (κ1) is 15.0. The van der Waals surface area contributed by atoms with Crippen LogP contribution in [0.4, 0.5) is 0 Å². The Morgan fingerprint density at radius 3 is 2.75 bits per heavy atom. The highest BCUT2D eigenvalue weighted by Gasteiger charge is 2.31. The number of thiophene rings is 1. The van der Waals surface area contributed by atoms with Crippen LogP contribution in [-0.2, 0) is 9.59 Å². The van der Waals surface area contributed by atoms with Crippen LogP contribution in [-0.4, -0.2) is 17.9 Å². The van der Waals surface area contributed by atoms with Gasteiger partial charge < -0.3 is 10.6 Å². The molecule has 2 atom stereocenters. The molecule has 1 aromatic heterocycles. The number of nitrogens with one attached hydrogen (secondary N) is 2. The molecular weight excluding hydrogens is 272 g/mol. The summed E-state index contributed by atoms with van der Waals surface area (Å²) in [4.78, 5) is 24.7. The van der Waals surface area contributed by atoms with Crippen molar-refractivity contribution < 1.29 is 9.59 Å². The highest BCUT2D eigenvalue weighted by Crippen LogP contribution is 2.30. The van der Waals surface area contributed by atoms with Gasteiger partial charge in [0.25, 0.3) is 0 Å². The molecule has 0 radical (unpaired) electrons. The van der Waals surface area contributed by atoms with Crippen LogP contribution in [0.2, 0.25) is 0 Å². The van der Waals surface area contributed by atoms with E-state index < -0.39 is 0 Å². The van der Waals surface area contributed by atoms with Crippen LogP contribution in [0.1, 0.15) is 50.4 Å². The van der Waals surface area contributed by atoms with Crippen molar-refractivity contribution in [1.82, 2.24) is 10.6 Å². The predicted molar refractivity (Wildman–Crippen MR) is 80.4 cm³/mol. The van der Waals surface area contributed by atoms with E-state index >= 15 is 0 Å². The molecule has 0 spiro atoms. The third-order valence-electron chi connectivity index (χ3n) is 3.98. The van der Waals surface area contributed by atoms with Crippen LogP contribution in [0.5, 0.6) is 0 Å². The van der Waals surface area contributed by atoms with Gasteiger partial charge in [-0.25, -0.2) is 0 Å². The van der Waals surface area contributed by atoms with E-state index in [0.29, 0.717) is 18.8 Å². The first-order valence-corrected chi connectivity index (χ1v) is 8.16. The molecule has 4 nitrogen and oxygen atoms in total. The molecule has 2 rings (SSSR count). The first-order chi connectivity index (χ1) is 9.65. The van der Waals surface area contributed by atoms with Crippen molar-refractivity contribution in [1.29, 1.82) is 0 Å². The van der Waals surface area contributed by atoms with Gasteiger partial charge in [0.15, 0.2) is 0 Å². The van der Waals surface area contributed by atoms with Gasteiger partial charge in [0, 0.05) is 11.3 Å². The maximum Gasteiger partial charge on any atom is 0.243 e. The average Bonchev–Trinajstić information content (AvgIpc) is 3.09. The van der Waals surface area contributed by atoms with Gasteiger partial charge in [-0.1, -0.05) is 32.8 Å². The lowest BCUT2D eigenvalue weighted by Crippen LogP contribution is -2.44. The second-order valence-electron chi connectivity index (χ2n) is 5.24. The molecule has 1 aromatic rings. The Morgan fingerprint density at radius 2 is 2.25 bits per heavy atom. The third-order valence-corrected chi connectivity index (χ3v) is 4.93. The van der Waals surface area contributed by atoms with E-state index in [9.17, 15) is 9.59 Å². The number of amides is 2.